The van der Waals surface area contributed by atoms with Crippen molar-refractivity contribution in [1.29, 1.82) is 0 Å². The van der Waals surface area contributed by atoms with Gasteiger partial charge in [-0.3, -0.25) is 9.59 Å². The molecule has 2 fully saturated rings. The van der Waals surface area contributed by atoms with Gasteiger partial charge in [0.05, 0.1) is 47.7 Å². The van der Waals surface area contributed by atoms with Crippen LogP contribution in [0.25, 0.3) is 0 Å². The van der Waals surface area contributed by atoms with E-state index in [1.165, 1.54) is 21.0 Å². The fourth-order valence-corrected chi connectivity index (χ4v) is 8.05. The molecular formula is C39H63ClN2O11. The van der Waals surface area contributed by atoms with Gasteiger partial charge in [-0.2, -0.15) is 0 Å². The molecule has 2 heterocycles. The van der Waals surface area contributed by atoms with Crippen LogP contribution in [-0.2, 0) is 44.7 Å². The van der Waals surface area contributed by atoms with Crippen molar-refractivity contribution in [2.45, 2.75) is 148 Å². The normalized spacial score (nSPS) is 40.0. The van der Waals surface area contributed by atoms with Crippen molar-refractivity contribution in [3.63, 3.8) is 0 Å². The van der Waals surface area contributed by atoms with Gasteiger partial charge in [0, 0.05) is 42.4 Å². The number of carbonyl (C=O) groups excluding carboxylic acids is 2. The molecule has 3 rings (SSSR count). The summed E-state index contributed by atoms with van der Waals surface area (Å²) in [6, 6.07) is 6.96. The number of rotatable bonds is 9. The first-order chi connectivity index (χ1) is 24.7. The van der Waals surface area contributed by atoms with E-state index in [-0.39, 0.29) is 31.6 Å². The molecule has 1 aromatic rings. The van der Waals surface area contributed by atoms with Crippen LogP contribution in [-0.4, -0.2) is 119 Å². The summed E-state index contributed by atoms with van der Waals surface area (Å²) < 4.78 is 31.1. The lowest BCUT2D eigenvalue weighted by atomic mass is 9.73. The number of aliphatic hydroxyl groups is 3. The lowest BCUT2D eigenvalue weighted by Gasteiger charge is -2.48. The molecule has 2 aliphatic heterocycles. The number of ether oxygens (including phenoxy) is 5. The Bertz CT molecular complexity index is 1390. The summed E-state index contributed by atoms with van der Waals surface area (Å²) in [7, 11) is 5.31. The van der Waals surface area contributed by atoms with Crippen LogP contribution in [0.1, 0.15) is 87.1 Å². The van der Waals surface area contributed by atoms with Gasteiger partial charge in [-0.15, -0.1) is 0 Å². The first kappa shape index (κ1) is 45.0. The zero-order valence-electron chi connectivity index (χ0n) is 33.4. The van der Waals surface area contributed by atoms with Gasteiger partial charge in [-0.25, -0.2) is 0 Å². The minimum atomic E-state index is -1.91. The molecule has 0 aliphatic carbocycles. The Kier molecular flexibility index (Phi) is 16.1. The van der Waals surface area contributed by atoms with Gasteiger partial charge in [0.15, 0.2) is 12.4 Å². The van der Waals surface area contributed by atoms with E-state index >= 15 is 0 Å². The molecule has 0 amide bonds. The van der Waals surface area contributed by atoms with Gasteiger partial charge in [0.2, 0.25) is 0 Å². The summed E-state index contributed by atoms with van der Waals surface area (Å²) in [6.45, 7) is 15.2. The first-order valence-electron chi connectivity index (χ1n) is 18.6. The van der Waals surface area contributed by atoms with Gasteiger partial charge in [-0.05, 0) is 67.1 Å². The van der Waals surface area contributed by atoms with Crippen LogP contribution in [0.15, 0.2) is 29.4 Å². The predicted octanol–water partition coefficient (Wildman–Crippen LogP) is 4.74. The van der Waals surface area contributed by atoms with E-state index in [1.54, 1.807) is 33.8 Å². The molecule has 2 saturated heterocycles. The zero-order chi connectivity index (χ0) is 40.0. The van der Waals surface area contributed by atoms with Crippen LogP contribution in [0.4, 0.5) is 0 Å². The van der Waals surface area contributed by atoms with Crippen molar-refractivity contribution in [1.82, 2.24) is 4.90 Å². The highest BCUT2D eigenvalue weighted by Crippen LogP contribution is 2.40. The summed E-state index contributed by atoms with van der Waals surface area (Å²) in [6.07, 6.45) is -6.05. The number of benzene rings is 1. The van der Waals surface area contributed by atoms with E-state index < -0.39 is 83.6 Å². The minimum Gasteiger partial charge on any atom is -0.459 e. The Morgan fingerprint density at radius 2 is 1.74 bits per heavy atom. The number of likely N-dealkylation sites (N-methyl/N-ethyl adjacent to an activating group) is 1. The van der Waals surface area contributed by atoms with Crippen LogP contribution in [0.5, 0.6) is 0 Å². The number of hydrogen-bond acceptors (Lipinski definition) is 13. The molecule has 0 aromatic heterocycles. The fourth-order valence-electron chi connectivity index (χ4n) is 7.86. The van der Waals surface area contributed by atoms with Crippen LogP contribution in [0, 0.1) is 23.7 Å². The smallest absolute Gasteiger partial charge is 0.311 e. The summed E-state index contributed by atoms with van der Waals surface area (Å²) in [5.74, 6) is -4.40. The Hall–Kier alpha value is -2.36. The van der Waals surface area contributed by atoms with E-state index in [4.69, 9.17) is 40.1 Å². The monoisotopic (exact) mass is 770 g/mol. The summed E-state index contributed by atoms with van der Waals surface area (Å²) in [5.41, 5.74) is -2.01. The molecule has 13 nitrogen and oxygen atoms in total. The maximum atomic E-state index is 13.7. The van der Waals surface area contributed by atoms with Gasteiger partial charge < -0.3 is 48.7 Å². The molecule has 0 spiro atoms. The molecule has 0 radical (unpaired) electrons. The van der Waals surface area contributed by atoms with E-state index in [9.17, 15) is 24.9 Å². The average molecular weight is 771 g/mol. The van der Waals surface area contributed by atoms with Crippen molar-refractivity contribution >= 4 is 29.3 Å². The van der Waals surface area contributed by atoms with Crippen LogP contribution >= 0.6 is 11.6 Å². The molecule has 302 valence electrons. The largest absolute Gasteiger partial charge is 0.459 e. The molecule has 0 bridgehead atoms. The van der Waals surface area contributed by atoms with Crippen molar-refractivity contribution in [2.75, 3.05) is 21.2 Å². The molecule has 3 N–H and O–H groups in total. The second-order valence-electron chi connectivity index (χ2n) is 15.6. The SMILES string of the molecule is CC[C@H]1OC(=O)[C@H](C)[C@@H](O)[C@H](C)[C@@H](O[C@@H]2O[C@H](C)C[C@H](N(C)C)[C@H]2OC(C)=O)[C@](C)(OC)C[C@@H](C)/C(=N\OCc2ccccc2Cl)[C@H](C)[C@@H](O)[C@]1(C)O. The third-order valence-corrected chi connectivity index (χ3v) is 11.6. The molecule has 14 atom stereocenters. The highest BCUT2D eigenvalue weighted by Gasteiger charge is 2.52. The maximum absolute atomic E-state index is 13.7. The van der Waals surface area contributed by atoms with Crippen LogP contribution < -0.4 is 0 Å². The summed E-state index contributed by atoms with van der Waals surface area (Å²) in [4.78, 5) is 33.9. The average Bonchev–Trinajstić information content (AvgIpc) is 3.10. The highest BCUT2D eigenvalue weighted by molar-refractivity contribution is 6.31. The van der Waals surface area contributed by atoms with E-state index in [0.29, 0.717) is 22.7 Å². The van der Waals surface area contributed by atoms with Gasteiger partial charge in [0.1, 0.15) is 18.3 Å². The molecule has 14 heteroatoms. The number of nitrogens with zero attached hydrogens (tertiary/aromatic N) is 2. The predicted molar refractivity (Wildman–Crippen MR) is 200 cm³/mol. The third-order valence-electron chi connectivity index (χ3n) is 11.2. The molecule has 53 heavy (non-hydrogen) atoms. The third kappa shape index (κ3) is 10.7. The molecule has 1 aromatic carbocycles. The lowest BCUT2D eigenvalue weighted by Crippen LogP contribution is -2.61. The molecule has 0 saturated carbocycles. The molecule has 2 aliphatic rings. The van der Waals surface area contributed by atoms with Crippen LogP contribution in [0.2, 0.25) is 5.02 Å². The Morgan fingerprint density at radius 1 is 1.09 bits per heavy atom. The number of hydrogen-bond donors (Lipinski definition) is 3. The number of aliphatic hydroxyl groups excluding tert-OH is 2. The van der Waals surface area contributed by atoms with E-state index in [1.807, 2.05) is 58.0 Å². The number of carbonyl (C=O) groups is 2. The second-order valence-corrected chi connectivity index (χ2v) is 16.1. The zero-order valence-corrected chi connectivity index (χ0v) is 34.2. The van der Waals surface area contributed by atoms with E-state index in [0.717, 1.165) is 0 Å². The molecule has 0 unspecified atom stereocenters. The topological polar surface area (TPSA) is 166 Å². The van der Waals surface area contributed by atoms with Gasteiger partial charge in [-0.1, -0.05) is 62.7 Å². The van der Waals surface area contributed by atoms with Crippen molar-refractivity contribution in [2.24, 2.45) is 28.8 Å². The summed E-state index contributed by atoms with van der Waals surface area (Å²) in [5, 5.41) is 40.5. The summed E-state index contributed by atoms with van der Waals surface area (Å²) >= 11 is 6.38. The van der Waals surface area contributed by atoms with E-state index in [2.05, 4.69) is 5.16 Å². The van der Waals surface area contributed by atoms with Gasteiger partial charge in [0.25, 0.3) is 0 Å². The number of esters is 2. The first-order valence-corrected chi connectivity index (χ1v) is 19.0. The van der Waals surface area contributed by atoms with Crippen molar-refractivity contribution < 1.29 is 53.4 Å². The number of cyclic esters (lactones) is 1. The Labute approximate surface area is 320 Å². The maximum Gasteiger partial charge on any atom is 0.311 e. The minimum absolute atomic E-state index is 0.0421. The van der Waals surface area contributed by atoms with Crippen molar-refractivity contribution in [3.05, 3.63) is 34.9 Å². The highest BCUT2D eigenvalue weighted by atomic mass is 35.5. The Morgan fingerprint density at radius 3 is 2.30 bits per heavy atom. The Balaban J connectivity index is 2.19. The second kappa shape index (κ2) is 19.0. The van der Waals surface area contributed by atoms with Gasteiger partial charge >= 0.3 is 11.9 Å². The van der Waals surface area contributed by atoms with Crippen molar-refractivity contribution in [3.8, 4) is 0 Å². The lowest BCUT2D eigenvalue weighted by molar-refractivity contribution is -0.303. The number of oxime groups is 1. The number of methoxy groups -OCH3 is 1. The quantitative estimate of drug-likeness (QED) is 0.234. The molecular weight excluding hydrogens is 708 g/mol. The van der Waals surface area contributed by atoms with Crippen LogP contribution in [0.3, 0.4) is 0 Å². The fraction of sp³-hybridized carbons (Fsp3) is 0.769. The number of halogens is 1. The standard InChI is InChI=1S/C39H63ClN2O11/c1-13-30-39(9,47)34(45)23(4)31(41-49-20-27-16-14-15-17-28(27)40)21(2)19-38(8,48-12)35(24(5)32(44)25(6)36(46)52-30)53-37-33(51-26(7)43)29(42(10)11)18-22(3)50-37/h14-17,21-25,29-30,32-35,37,44-45,47H,13,18-20H2,1-12H3/b41-31+/t21-,22-,23+,24+,25-,29+,30-,32+,33-,34-,35-,37+,38-,39-/m1/s1.